The van der Waals surface area contributed by atoms with Crippen molar-refractivity contribution < 1.29 is 38.4 Å². The number of hydrogen-bond donors (Lipinski definition) is 3. The first-order chi connectivity index (χ1) is 26.2. The van der Waals surface area contributed by atoms with Crippen LogP contribution in [0.25, 0.3) is 0 Å². The van der Waals surface area contributed by atoms with Crippen molar-refractivity contribution in [3.63, 3.8) is 0 Å². The van der Waals surface area contributed by atoms with E-state index < -0.39 is 23.8 Å². The van der Waals surface area contributed by atoms with Crippen molar-refractivity contribution in [2.45, 2.75) is 88.1 Å². The largest absolute Gasteiger partial charge is 0.482 e. The number of carbonyl (C=O) groups is 3. The Morgan fingerprint density at radius 1 is 1.00 bits per heavy atom. The molecule has 2 saturated carbocycles. The molecule has 6 atom stereocenters. The summed E-state index contributed by atoms with van der Waals surface area (Å²) in [4.78, 5) is 41.2. The Balaban J connectivity index is 0.907. The Labute approximate surface area is 315 Å². The molecule has 3 aromatic rings. The second kappa shape index (κ2) is 13.2. The molecule has 11 nitrogen and oxygen atoms in total. The number of nitrogens with zero attached hydrogens (tertiary/aromatic N) is 1. The highest BCUT2D eigenvalue weighted by molar-refractivity contribution is 6.05. The molecule has 2 amide bonds. The van der Waals surface area contributed by atoms with E-state index in [-0.39, 0.29) is 29.4 Å². The molecule has 5 aliphatic carbocycles. The average molecular weight is 734 g/mol. The summed E-state index contributed by atoms with van der Waals surface area (Å²) in [5, 5.41) is 16.7. The van der Waals surface area contributed by atoms with E-state index in [1.165, 1.54) is 29.6 Å². The average Bonchev–Trinajstić information content (AvgIpc) is 3.90. The van der Waals surface area contributed by atoms with Gasteiger partial charge < -0.3 is 29.4 Å². The summed E-state index contributed by atoms with van der Waals surface area (Å²) in [6.45, 7) is 6.34. The van der Waals surface area contributed by atoms with E-state index in [0.717, 1.165) is 56.7 Å². The second-order valence-electron chi connectivity index (χ2n) is 15.9. The summed E-state index contributed by atoms with van der Waals surface area (Å²) in [6.07, 6.45) is 5.26. The van der Waals surface area contributed by atoms with E-state index in [4.69, 9.17) is 18.9 Å². The van der Waals surface area contributed by atoms with Gasteiger partial charge >= 0.3 is 12.1 Å². The van der Waals surface area contributed by atoms with Gasteiger partial charge in [-0.1, -0.05) is 25.0 Å². The van der Waals surface area contributed by atoms with Gasteiger partial charge in [0.2, 0.25) is 0 Å². The van der Waals surface area contributed by atoms with E-state index in [1.54, 1.807) is 55.6 Å². The first-order valence-electron chi connectivity index (χ1n) is 19.4. The molecule has 3 aromatic carbocycles. The molecule has 1 spiro atoms. The number of unbranched alkanes of at least 4 members (excludes halogenated alkanes) is 1. The third-order valence-corrected chi connectivity index (χ3v) is 12.7. The molecule has 282 valence electrons. The molecule has 54 heavy (non-hydrogen) atoms. The number of likely N-dealkylation sites (tertiary alicyclic amines) is 1. The number of aliphatic hydroxyl groups is 1. The zero-order chi connectivity index (χ0) is 37.4. The molecule has 1 unspecified atom stereocenters. The van der Waals surface area contributed by atoms with Gasteiger partial charge in [-0.2, -0.15) is 0 Å². The van der Waals surface area contributed by atoms with Crippen molar-refractivity contribution in [3.05, 3.63) is 94.1 Å². The van der Waals surface area contributed by atoms with Crippen LogP contribution in [0.3, 0.4) is 0 Å². The number of esters is 1. The van der Waals surface area contributed by atoms with Crippen LogP contribution in [0.15, 0.2) is 71.8 Å². The Hall–Kier alpha value is -4.71. The number of nitrogens with one attached hydrogen (secondary N) is 2. The summed E-state index contributed by atoms with van der Waals surface area (Å²) in [6, 6.07) is 17.3. The van der Waals surface area contributed by atoms with Crippen molar-refractivity contribution in [3.8, 4) is 11.5 Å². The fourth-order valence-corrected chi connectivity index (χ4v) is 10.2. The van der Waals surface area contributed by atoms with Crippen LogP contribution in [0.2, 0.25) is 0 Å². The van der Waals surface area contributed by atoms with E-state index in [0.29, 0.717) is 40.6 Å². The Morgan fingerprint density at radius 3 is 2.41 bits per heavy atom. The van der Waals surface area contributed by atoms with Crippen molar-refractivity contribution in [2.24, 2.45) is 11.8 Å². The number of benzene rings is 3. The summed E-state index contributed by atoms with van der Waals surface area (Å²) >= 11 is 0. The van der Waals surface area contributed by atoms with E-state index in [2.05, 4.69) is 21.6 Å². The van der Waals surface area contributed by atoms with Crippen molar-refractivity contribution in [1.29, 1.82) is 0 Å². The van der Waals surface area contributed by atoms with Gasteiger partial charge in [0, 0.05) is 61.1 Å². The first-order valence-corrected chi connectivity index (χ1v) is 19.4. The Bertz CT molecular complexity index is 2040. The Kier molecular flexibility index (Phi) is 8.59. The standard InChI is InChI=1S/C43H47N3O8/c1-4-5-20-52-39(49)27-10-15-29(16-11-27)44-38(48)26-8-13-30(14-9-26)45-41(50)53-33-17-12-28-21-32-36-31-22-43(51-3,34(31)24(2)47)40-42(36,35(28)37(33)54-40)18-19-46(32)23-25-6-7-25/h8-17,24-25,32,34,40,47H,4-7,18-23H2,1-3H3,(H,44,48)(H,45,50)/t24?,32-,34+,40-,42-,43+/m1/s1. The van der Waals surface area contributed by atoms with Crippen LogP contribution in [0, 0.1) is 11.8 Å². The van der Waals surface area contributed by atoms with Gasteiger partial charge in [-0.15, -0.1) is 0 Å². The number of rotatable bonds is 12. The minimum absolute atomic E-state index is 0.140. The van der Waals surface area contributed by atoms with Crippen LogP contribution in [-0.2, 0) is 21.3 Å². The van der Waals surface area contributed by atoms with E-state index >= 15 is 0 Å². The molecule has 7 aliphatic rings. The van der Waals surface area contributed by atoms with E-state index in [9.17, 15) is 19.5 Å². The molecule has 0 aromatic heterocycles. The SMILES string of the molecule is CCCCOC(=O)c1ccc(NC(=O)c2ccc(NC(=O)Oc3ccc4c5c3O[C@H]3[C@]6(OC)CC(=C7[C@@H](C4)N(CC4CC4)CC[C@]753)[C@@H]6C(C)O)cc2)cc1. The number of piperidine rings is 1. The van der Waals surface area contributed by atoms with Crippen LogP contribution in [0.4, 0.5) is 16.2 Å². The maximum absolute atomic E-state index is 13.4. The van der Waals surface area contributed by atoms with Gasteiger partial charge in [0.25, 0.3) is 5.91 Å². The van der Waals surface area contributed by atoms with Gasteiger partial charge in [-0.05, 0) is 111 Å². The lowest BCUT2D eigenvalue weighted by molar-refractivity contribution is -0.202. The van der Waals surface area contributed by atoms with Crippen molar-refractivity contribution >= 4 is 29.3 Å². The molecular formula is C43H47N3O8. The highest BCUT2D eigenvalue weighted by atomic mass is 16.6. The van der Waals surface area contributed by atoms with E-state index in [1.807, 2.05) is 19.9 Å². The van der Waals surface area contributed by atoms with Crippen LogP contribution >= 0.6 is 0 Å². The fourth-order valence-electron chi connectivity index (χ4n) is 10.2. The number of carbonyl (C=O) groups excluding carboxylic acids is 3. The van der Waals surface area contributed by atoms with Crippen LogP contribution in [0.1, 0.15) is 84.2 Å². The van der Waals surface area contributed by atoms with Gasteiger partial charge in [-0.25, -0.2) is 9.59 Å². The minimum atomic E-state index is -0.674. The molecule has 3 fully saturated rings. The lowest BCUT2D eigenvalue weighted by Crippen LogP contribution is -2.76. The highest BCUT2D eigenvalue weighted by Gasteiger charge is 2.76. The maximum atomic E-state index is 13.4. The summed E-state index contributed by atoms with van der Waals surface area (Å²) in [7, 11) is 1.73. The number of hydrogen-bond acceptors (Lipinski definition) is 9. The number of methoxy groups -OCH3 is 1. The van der Waals surface area contributed by atoms with Gasteiger partial charge in [0.15, 0.2) is 11.5 Å². The zero-order valence-electron chi connectivity index (χ0n) is 31.0. The Morgan fingerprint density at radius 2 is 1.72 bits per heavy atom. The normalized spacial score (nSPS) is 27.6. The van der Waals surface area contributed by atoms with Gasteiger partial charge in [-0.3, -0.25) is 15.0 Å². The highest BCUT2D eigenvalue weighted by Crippen LogP contribution is 2.72. The predicted molar refractivity (Wildman–Crippen MR) is 201 cm³/mol. The molecule has 1 saturated heterocycles. The van der Waals surface area contributed by atoms with Crippen molar-refractivity contribution in [1.82, 2.24) is 4.90 Å². The topological polar surface area (TPSA) is 136 Å². The molecule has 3 N–H and O–H groups in total. The van der Waals surface area contributed by atoms with Gasteiger partial charge in [0.1, 0.15) is 11.7 Å². The number of amides is 2. The lowest BCUT2D eigenvalue weighted by atomic mass is 9.42. The summed E-state index contributed by atoms with van der Waals surface area (Å²) in [5.41, 5.74) is 5.86. The maximum Gasteiger partial charge on any atom is 0.417 e. The monoisotopic (exact) mass is 733 g/mol. The smallest absolute Gasteiger partial charge is 0.417 e. The third kappa shape index (κ3) is 5.46. The molecule has 2 aliphatic heterocycles. The molecule has 0 radical (unpaired) electrons. The van der Waals surface area contributed by atoms with Crippen LogP contribution < -0.4 is 20.1 Å². The zero-order valence-corrected chi connectivity index (χ0v) is 31.0. The second-order valence-corrected chi connectivity index (χ2v) is 15.9. The molecule has 2 heterocycles. The fraction of sp³-hybridized carbons (Fsp3) is 0.465. The quantitative estimate of drug-likeness (QED) is 0.106. The van der Waals surface area contributed by atoms with Crippen molar-refractivity contribution in [2.75, 3.05) is 37.4 Å². The summed E-state index contributed by atoms with van der Waals surface area (Å²) < 4.78 is 24.6. The molecule has 4 bridgehead atoms. The van der Waals surface area contributed by atoms with Crippen LogP contribution in [-0.4, -0.2) is 78.6 Å². The number of anilines is 2. The lowest BCUT2D eigenvalue weighted by Gasteiger charge is -2.67. The first kappa shape index (κ1) is 35.0. The predicted octanol–water partition coefficient (Wildman–Crippen LogP) is 6.64. The summed E-state index contributed by atoms with van der Waals surface area (Å²) in [5.74, 6) is 0.854. The number of ether oxygens (including phenoxy) is 4. The number of aliphatic hydroxyl groups excluding tert-OH is 1. The van der Waals surface area contributed by atoms with Gasteiger partial charge in [0.05, 0.1) is 23.7 Å². The third-order valence-electron chi connectivity index (χ3n) is 12.7. The molecule has 10 rings (SSSR count). The minimum Gasteiger partial charge on any atom is -0.482 e. The molecular weight excluding hydrogens is 686 g/mol. The molecule has 11 heteroatoms. The van der Waals surface area contributed by atoms with Crippen LogP contribution in [0.5, 0.6) is 11.5 Å².